The zero-order valence-corrected chi connectivity index (χ0v) is 35.2. The van der Waals surface area contributed by atoms with Crippen LogP contribution in [0.5, 0.6) is 17.2 Å². The number of hydrogen-bond donors (Lipinski definition) is 0. The molecule has 57 heavy (non-hydrogen) atoms. The molecule has 3 unspecified atom stereocenters. The van der Waals surface area contributed by atoms with E-state index in [0.29, 0.717) is 42.3 Å². The molecule has 7 rings (SSSR count). The van der Waals surface area contributed by atoms with E-state index in [0.717, 1.165) is 45.1 Å². The summed E-state index contributed by atoms with van der Waals surface area (Å²) in [5.74, 6) is 2.14. The van der Waals surface area contributed by atoms with E-state index < -0.39 is 22.2 Å². The van der Waals surface area contributed by atoms with Crippen LogP contribution in [0.4, 0.5) is 0 Å². The molecule has 0 aromatic heterocycles. The van der Waals surface area contributed by atoms with Crippen LogP contribution in [0.1, 0.15) is 56.7 Å². The van der Waals surface area contributed by atoms with Crippen LogP contribution in [0.3, 0.4) is 0 Å². The van der Waals surface area contributed by atoms with Crippen molar-refractivity contribution in [3.63, 3.8) is 0 Å². The molecule has 0 N–H and O–H groups in total. The molecule has 1 saturated heterocycles. The average molecular weight is 803 g/mol. The van der Waals surface area contributed by atoms with Gasteiger partial charge in [-0.05, 0) is 102 Å². The van der Waals surface area contributed by atoms with Crippen molar-refractivity contribution in [2.75, 3.05) is 14.2 Å². The highest BCUT2D eigenvalue weighted by Crippen LogP contribution is 2.63. The maximum atomic E-state index is 14.7. The van der Waals surface area contributed by atoms with E-state index in [2.05, 4.69) is 106 Å². The molecule has 5 aromatic carbocycles. The topological polar surface area (TPSA) is 63.2 Å². The Morgan fingerprint density at radius 2 is 1.35 bits per heavy atom. The van der Waals surface area contributed by atoms with Gasteiger partial charge in [0.2, 0.25) is 6.29 Å². The van der Waals surface area contributed by atoms with Crippen molar-refractivity contribution in [1.82, 2.24) is 0 Å². The zero-order chi connectivity index (χ0) is 39.8. The number of ether oxygens (including phenoxy) is 5. The Labute approximate surface area is 347 Å². The summed E-state index contributed by atoms with van der Waals surface area (Å²) < 4.78 is 30.9. The fraction of sp³-hybridized carbons (Fsp3) is 0.367. The van der Waals surface area contributed by atoms with Crippen molar-refractivity contribution in [2.45, 2.75) is 79.3 Å². The third-order valence-electron chi connectivity index (χ3n) is 11.4. The lowest BCUT2D eigenvalue weighted by Crippen LogP contribution is -2.44. The van der Waals surface area contributed by atoms with Crippen molar-refractivity contribution in [1.29, 1.82) is 0 Å². The third-order valence-corrected chi connectivity index (χ3v) is 14.5. The summed E-state index contributed by atoms with van der Waals surface area (Å²) in [6.45, 7) is 7.37. The fourth-order valence-corrected chi connectivity index (χ4v) is 11.7. The lowest BCUT2D eigenvalue weighted by Gasteiger charge is -2.44. The molecule has 1 aliphatic heterocycles. The van der Waals surface area contributed by atoms with E-state index >= 15 is 0 Å². The predicted molar refractivity (Wildman–Crippen MR) is 230 cm³/mol. The van der Waals surface area contributed by atoms with Crippen molar-refractivity contribution in [3.05, 3.63) is 150 Å². The number of esters is 1. The first-order valence-electron chi connectivity index (χ1n) is 20.1. The second-order valence-corrected chi connectivity index (χ2v) is 18.5. The Balaban J connectivity index is 1.35. The first-order chi connectivity index (χ1) is 27.8. The van der Waals surface area contributed by atoms with Gasteiger partial charge >= 0.3 is 5.97 Å². The van der Waals surface area contributed by atoms with Crippen LogP contribution >= 0.6 is 23.5 Å². The van der Waals surface area contributed by atoms with Gasteiger partial charge in [0.1, 0.15) is 16.4 Å². The minimum atomic E-state index is -0.837. The normalized spacial score (nSPS) is 22.2. The molecule has 8 heteroatoms. The van der Waals surface area contributed by atoms with E-state index in [9.17, 15) is 4.79 Å². The average Bonchev–Trinajstić information content (AvgIpc) is 3.54. The standard InChI is InChI=1S/C49H54O6S2/c1-33(2)41-27-21-34(3)29-44(41)54-48-46(42(47(50)55-48)30-35-22-25-38(26-23-35)53-32-36-15-9-6-10-16-36)49(56-39-17-11-7-12-18-39,57-40-19-13-8-14-20-40)37-24-28-43(51-4)45(31-37)52-5/h6-20,22-26,28,31,33-34,41-42,44,46,48H,21,27,29-30,32H2,1-5H3/t34?,41?,42-,44?,46-,48-/m1/s1. The smallest absolute Gasteiger partial charge is 0.312 e. The van der Waals surface area contributed by atoms with Crippen molar-refractivity contribution in [3.8, 4) is 17.2 Å². The highest BCUT2D eigenvalue weighted by atomic mass is 32.2. The summed E-state index contributed by atoms with van der Waals surface area (Å²) in [4.78, 5) is 16.8. The number of methoxy groups -OCH3 is 2. The second-order valence-electron chi connectivity index (χ2n) is 15.6. The summed E-state index contributed by atoms with van der Waals surface area (Å²) in [7, 11) is 3.32. The van der Waals surface area contributed by atoms with Crippen LogP contribution < -0.4 is 14.2 Å². The van der Waals surface area contributed by atoms with E-state index in [1.807, 2.05) is 48.5 Å². The van der Waals surface area contributed by atoms with E-state index in [1.54, 1.807) is 37.7 Å². The van der Waals surface area contributed by atoms with E-state index in [-0.39, 0.29) is 12.1 Å². The first-order valence-corrected chi connectivity index (χ1v) is 21.7. The minimum Gasteiger partial charge on any atom is -0.493 e. The molecule has 6 nitrogen and oxygen atoms in total. The third kappa shape index (κ3) is 9.68. The molecular weight excluding hydrogens is 749 g/mol. The molecular formula is C49H54O6S2. The van der Waals surface area contributed by atoms with Gasteiger partial charge in [0, 0.05) is 9.79 Å². The largest absolute Gasteiger partial charge is 0.493 e. The van der Waals surface area contributed by atoms with Gasteiger partial charge in [-0.2, -0.15) is 0 Å². The molecule has 0 spiro atoms. The Kier molecular flexibility index (Phi) is 13.5. The quantitative estimate of drug-likeness (QED) is 0.0555. The molecule has 0 amide bonds. The molecule has 0 radical (unpaired) electrons. The summed E-state index contributed by atoms with van der Waals surface area (Å²) in [6, 6.07) is 45.3. The maximum absolute atomic E-state index is 14.7. The van der Waals surface area contributed by atoms with Gasteiger partial charge in [-0.15, -0.1) is 23.5 Å². The number of hydrogen-bond acceptors (Lipinski definition) is 8. The molecule has 6 atom stereocenters. The van der Waals surface area contributed by atoms with Gasteiger partial charge in [-0.3, -0.25) is 4.79 Å². The molecule has 2 aliphatic rings. The van der Waals surface area contributed by atoms with Crippen LogP contribution in [-0.2, 0) is 31.4 Å². The van der Waals surface area contributed by atoms with Gasteiger partial charge in [-0.25, -0.2) is 0 Å². The van der Waals surface area contributed by atoms with Gasteiger partial charge in [0.25, 0.3) is 0 Å². The van der Waals surface area contributed by atoms with Crippen LogP contribution in [0.2, 0.25) is 0 Å². The van der Waals surface area contributed by atoms with Gasteiger partial charge < -0.3 is 23.7 Å². The summed E-state index contributed by atoms with van der Waals surface area (Å²) >= 11 is 3.49. The highest BCUT2D eigenvalue weighted by molar-refractivity contribution is 8.17. The van der Waals surface area contributed by atoms with Crippen LogP contribution in [0.15, 0.2) is 143 Å². The lowest BCUT2D eigenvalue weighted by atomic mass is 9.75. The Hall–Kier alpha value is -4.37. The van der Waals surface area contributed by atoms with Crippen molar-refractivity contribution in [2.24, 2.45) is 29.6 Å². The number of carbonyl (C=O) groups excluding carboxylic acids is 1. The Morgan fingerprint density at radius 3 is 1.95 bits per heavy atom. The Bertz CT molecular complexity index is 1980. The molecule has 5 aromatic rings. The molecule has 1 heterocycles. The van der Waals surface area contributed by atoms with Crippen LogP contribution in [0, 0.1) is 29.6 Å². The lowest BCUT2D eigenvalue weighted by molar-refractivity contribution is -0.196. The van der Waals surface area contributed by atoms with Crippen molar-refractivity contribution >= 4 is 29.5 Å². The van der Waals surface area contributed by atoms with E-state index in [4.69, 9.17) is 23.7 Å². The molecule has 0 bridgehead atoms. The molecule has 1 aliphatic carbocycles. The SMILES string of the molecule is COc1ccc(C(Sc2ccccc2)(Sc2ccccc2)[C@H]2[C@H](OC3CC(C)CCC3C(C)C)OC(=O)[C@@H]2Cc2ccc(OCc3ccccc3)cc2)cc1OC. The van der Waals surface area contributed by atoms with Crippen molar-refractivity contribution < 1.29 is 28.5 Å². The zero-order valence-electron chi connectivity index (χ0n) is 33.5. The van der Waals surface area contributed by atoms with Crippen LogP contribution in [-0.4, -0.2) is 32.6 Å². The summed E-state index contributed by atoms with van der Waals surface area (Å²) in [6.07, 6.45) is 2.83. The predicted octanol–water partition coefficient (Wildman–Crippen LogP) is 11.9. The molecule has 298 valence electrons. The maximum Gasteiger partial charge on any atom is 0.312 e. The van der Waals surface area contributed by atoms with Gasteiger partial charge in [0.15, 0.2) is 11.5 Å². The first kappa shape index (κ1) is 40.8. The number of thioether (sulfide) groups is 2. The monoisotopic (exact) mass is 802 g/mol. The molecule has 1 saturated carbocycles. The number of rotatable bonds is 16. The second kappa shape index (κ2) is 18.9. The van der Waals surface area contributed by atoms with Crippen LogP contribution in [0.25, 0.3) is 0 Å². The minimum absolute atomic E-state index is 0.0413. The van der Waals surface area contributed by atoms with Gasteiger partial charge in [-0.1, -0.05) is 112 Å². The van der Waals surface area contributed by atoms with Gasteiger partial charge in [0.05, 0.1) is 32.2 Å². The number of cyclic esters (lactones) is 1. The Morgan fingerprint density at radius 1 is 0.737 bits per heavy atom. The number of carbonyl (C=O) groups is 1. The number of benzene rings is 5. The van der Waals surface area contributed by atoms with E-state index in [1.165, 1.54) is 6.42 Å². The summed E-state index contributed by atoms with van der Waals surface area (Å²) in [5.41, 5.74) is 3.11. The molecule has 2 fully saturated rings. The fourth-order valence-electron chi connectivity index (χ4n) is 8.39. The summed E-state index contributed by atoms with van der Waals surface area (Å²) in [5, 5.41) is 0. The highest BCUT2D eigenvalue weighted by Gasteiger charge is 2.59.